The first-order valence-corrected chi connectivity index (χ1v) is 13.2. The van der Waals surface area contributed by atoms with Gasteiger partial charge in [0.25, 0.3) is 0 Å². The van der Waals surface area contributed by atoms with E-state index >= 15 is 4.39 Å². The van der Waals surface area contributed by atoms with Gasteiger partial charge in [0.15, 0.2) is 0 Å². The molecule has 2 aromatic carbocycles. The molecular weight excluding hydrogens is 523 g/mol. The molecule has 1 unspecified atom stereocenters. The van der Waals surface area contributed by atoms with Crippen LogP contribution in [0.3, 0.4) is 0 Å². The van der Waals surface area contributed by atoms with Crippen molar-refractivity contribution in [1.29, 1.82) is 0 Å². The fourth-order valence-electron chi connectivity index (χ4n) is 5.54. The molecule has 2 aliphatic rings. The molecule has 2 aliphatic heterocycles. The van der Waals surface area contributed by atoms with Gasteiger partial charge in [-0.3, -0.25) is 14.8 Å². The molecule has 40 heavy (non-hydrogen) atoms. The molecule has 212 valence electrons. The zero-order valence-electron chi connectivity index (χ0n) is 22.6. The second-order valence-electron chi connectivity index (χ2n) is 11.3. The number of piperidine rings is 1. The summed E-state index contributed by atoms with van der Waals surface area (Å²) in [6, 6.07) is 6.69. The monoisotopic (exact) mass is 555 g/mol. The Morgan fingerprint density at radius 1 is 1.12 bits per heavy atom. The Kier molecular flexibility index (Phi) is 7.59. The molecule has 0 spiro atoms. The summed E-state index contributed by atoms with van der Waals surface area (Å²) < 4.78 is 49.7. The van der Waals surface area contributed by atoms with Crippen LogP contribution in [0.25, 0.3) is 0 Å². The average Bonchev–Trinajstić information content (AvgIpc) is 3.48. The summed E-state index contributed by atoms with van der Waals surface area (Å²) in [6.07, 6.45) is 1.24. The standard InChI is InChI=1S/C29H32F3N5O3/c1-29(2,3)40-28(39)34-23-13-25(36-15-18-14-33-35-24(18)16-36)27(38)37(11-10-17-6-4-5-7-21(17)31)26(23)20-12-19(30)8-9-22(20)32/h4-9,12,14,23,25-26H,10-11,13,15-16H2,1-3H3,(H,33,35)(H,34,39)/t23?,25-,26-/m1/s1. The Bertz CT molecular complexity index is 1390. The molecule has 0 aliphatic carbocycles. The molecule has 3 atom stereocenters. The third-order valence-electron chi connectivity index (χ3n) is 7.30. The van der Waals surface area contributed by atoms with Crippen molar-refractivity contribution in [2.24, 2.45) is 0 Å². The first-order chi connectivity index (χ1) is 19.0. The van der Waals surface area contributed by atoms with Crippen molar-refractivity contribution in [3.63, 3.8) is 0 Å². The van der Waals surface area contributed by atoms with E-state index in [2.05, 4.69) is 15.5 Å². The van der Waals surface area contributed by atoms with Crippen LogP contribution < -0.4 is 5.32 Å². The number of alkyl carbamates (subject to hydrolysis) is 1. The highest BCUT2D eigenvalue weighted by Gasteiger charge is 2.47. The number of halogens is 3. The Hall–Kier alpha value is -3.86. The minimum Gasteiger partial charge on any atom is -0.444 e. The number of hydrogen-bond donors (Lipinski definition) is 2. The molecule has 1 aromatic heterocycles. The van der Waals surface area contributed by atoms with Crippen LogP contribution >= 0.6 is 0 Å². The Labute approximate surface area is 230 Å². The zero-order valence-corrected chi connectivity index (χ0v) is 22.6. The smallest absolute Gasteiger partial charge is 0.407 e. The van der Waals surface area contributed by atoms with Gasteiger partial charge >= 0.3 is 6.09 Å². The molecule has 0 saturated carbocycles. The second-order valence-corrected chi connectivity index (χ2v) is 11.3. The van der Waals surface area contributed by atoms with E-state index in [0.717, 1.165) is 29.5 Å². The fourth-order valence-corrected chi connectivity index (χ4v) is 5.54. The second kappa shape index (κ2) is 11.0. The summed E-state index contributed by atoms with van der Waals surface area (Å²) >= 11 is 0. The maximum atomic E-state index is 15.3. The number of benzene rings is 2. The van der Waals surface area contributed by atoms with Gasteiger partial charge in [-0.1, -0.05) is 18.2 Å². The van der Waals surface area contributed by atoms with Crippen molar-refractivity contribution in [3.05, 3.63) is 88.5 Å². The van der Waals surface area contributed by atoms with E-state index < -0.39 is 47.3 Å². The lowest BCUT2D eigenvalue weighted by atomic mass is 9.86. The van der Waals surface area contributed by atoms with Crippen molar-refractivity contribution in [2.45, 2.75) is 70.4 Å². The van der Waals surface area contributed by atoms with Crippen LogP contribution in [-0.2, 0) is 29.0 Å². The normalized spacial score (nSPS) is 21.4. The van der Waals surface area contributed by atoms with Gasteiger partial charge in [0.1, 0.15) is 23.1 Å². The Balaban J connectivity index is 1.53. The minimum absolute atomic E-state index is 0.0179. The van der Waals surface area contributed by atoms with Gasteiger partial charge in [0.05, 0.1) is 30.0 Å². The number of H-pyrrole nitrogens is 1. The van der Waals surface area contributed by atoms with Crippen molar-refractivity contribution in [1.82, 2.24) is 25.3 Å². The number of hydrogen-bond acceptors (Lipinski definition) is 5. The molecule has 2 amide bonds. The van der Waals surface area contributed by atoms with Gasteiger partial charge in [0, 0.05) is 30.8 Å². The van der Waals surface area contributed by atoms with Crippen molar-refractivity contribution in [2.75, 3.05) is 6.54 Å². The number of nitrogens with zero attached hydrogens (tertiary/aromatic N) is 3. The SMILES string of the molecule is CC(C)(C)OC(=O)NC1C[C@@H](N2Cc3cn[nH]c3C2)C(=O)N(CCc2ccccc2F)[C@@H]1c1cc(F)ccc1F. The molecule has 8 nitrogen and oxygen atoms in total. The van der Waals surface area contributed by atoms with Crippen molar-refractivity contribution in [3.8, 4) is 0 Å². The molecule has 1 fully saturated rings. The molecule has 3 heterocycles. The van der Waals surface area contributed by atoms with Crippen LogP contribution in [-0.4, -0.2) is 56.2 Å². The maximum Gasteiger partial charge on any atom is 0.407 e. The molecule has 1 saturated heterocycles. The van der Waals surface area contributed by atoms with E-state index in [-0.39, 0.29) is 30.9 Å². The molecule has 0 bridgehead atoms. The van der Waals surface area contributed by atoms with Crippen molar-refractivity contribution < 1.29 is 27.5 Å². The van der Waals surface area contributed by atoms with Gasteiger partial charge in [-0.25, -0.2) is 18.0 Å². The molecule has 3 aromatic rings. The lowest BCUT2D eigenvalue weighted by Gasteiger charge is -2.47. The zero-order chi connectivity index (χ0) is 28.6. The van der Waals surface area contributed by atoms with E-state index in [1.165, 1.54) is 11.0 Å². The number of aromatic nitrogens is 2. The summed E-state index contributed by atoms with van der Waals surface area (Å²) in [7, 11) is 0. The van der Waals surface area contributed by atoms with Gasteiger partial charge in [-0.2, -0.15) is 5.10 Å². The third kappa shape index (κ3) is 5.84. The fraction of sp³-hybridized carbons (Fsp3) is 0.414. The summed E-state index contributed by atoms with van der Waals surface area (Å²) in [5.74, 6) is -2.13. The van der Waals surface area contributed by atoms with Crippen LogP contribution in [0, 0.1) is 17.5 Å². The van der Waals surface area contributed by atoms with Gasteiger partial charge in [0.2, 0.25) is 5.91 Å². The summed E-state index contributed by atoms with van der Waals surface area (Å²) in [5.41, 5.74) is 1.36. The van der Waals surface area contributed by atoms with E-state index in [0.29, 0.717) is 18.7 Å². The highest BCUT2D eigenvalue weighted by Crippen LogP contribution is 2.38. The lowest BCUT2D eigenvalue weighted by Crippen LogP contribution is -2.61. The van der Waals surface area contributed by atoms with Crippen molar-refractivity contribution >= 4 is 12.0 Å². The number of ether oxygens (including phenoxy) is 1. The number of likely N-dealkylation sites (tertiary alicyclic amines) is 1. The molecule has 5 rings (SSSR count). The van der Waals surface area contributed by atoms with Crippen LogP contribution in [0.2, 0.25) is 0 Å². The molecule has 11 heteroatoms. The number of carbonyl (C=O) groups excluding carboxylic acids is 2. The van der Waals surface area contributed by atoms with Gasteiger partial charge < -0.3 is 15.0 Å². The largest absolute Gasteiger partial charge is 0.444 e. The molecule has 2 N–H and O–H groups in total. The Morgan fingerprint density at radius 3 is 2.62 bits per heavy atom. The van der Waals surface area contributed by atoms with Crippen LogP contribution in [0.1, 0.15) is 55.6 Å². The van der Waals surface area contributed by atoms with Crippen LogP contribution in [0.15, 0.2) is 48.7 Å². The summed E-state index contributed by atoms with van der Waals surface area (Å²) in [4.78, 5) is 30.5. The quantitative estimate of drug-likeness (QED) is 0.463. The molecular formula is C29H32F3N5O3. The lowest BCUT2D eigenvalue weighted by molar-refractivity contribution is -0.146. The predicted octanol–water partition coefficient (Wildman–Crippen LogP) is 4.62. The van der Waals surface area contributed by atoms with Gasteiger partial charge in [-0.05, 0) is 63.4 Å². The Morgan fingerprint density at radius 2 is 1.90 bits per heavy atom. The summed E-state index contributed by atoms with van der Waals surface area (Å²) in [6.45, 7) is 6.07. The van der Waals surface area contributed by atoms with E-state index in [1.807, 2.05) is 4.90 Å². The average molecular weight is 556 g/mol. The minimum atomic E-state index is -1.05. The number of nitrogens with one attached hydrogen (secondary N) is 2. The highest BCUT2D eigenvalue weighted by molar-refractivity contribution is 5.84. The van der Waals surface area contributed by atoms with E-state index in [9.17, 15) is 18.4 Å². The predicted molar refractivity (Wildman–Crippen MR) is 140 cm³/mol. The first-order valence-electron chi connectivity index (χ1n) is 13.2. The highest BCUT2D eigenvalue weighted by atomic mass is 19.1. The van der Waals surface area contributed by atoms with Crippen LogP contribution in [0.5, 0.6) is 0 Å². The number of aromatic amines is 1. The van der Waals surface area contributed by atoms with Crippen LogP contribution in [0.4, 0.5) is 18.0 Å². The van der Waals surface area contributed by atoms with E-state index in [1.54, 1.807) is 45.2 Å². The number of fused-ring (bicyclic) bond motifs is 1. The maximum absolute atomic E-state index is 15.3. The topological polar surface area (TPSA) is 90.6 Å². The molecule has 0 radical (unpaired) electrons. The van der Waals surface area contributed by atoms with E-state index in [4.69, 9.17) is 4.74 Å². The third-order valence-corrected chi connectivity index (χ3v) is 7.30. The first kappa shape index (κ1) is 27.7. The van der Waals surface area contributed by atoms with Gasteiger partial charge in [-0.15, -0.1) is 0 Å². The number of amides is 2. The summed E-state index contributed by atoms with van der Waals surface area (Å²) in [5, 5.41) is 9.83. The number of carbonyl (C=O) groups is 2. The number of rotatable bonds is 6.